The summed E-state index contributed by atoms with van der Waals surface area (Å²) in [6.07, 6.45) is 5.99. The summed E-state index contributed by atoms with van der Waals surface area (Å²) in [5, 5.41) is 24.7. The first-order chi connectivity index (χ1) is 65.9. The van der Waals surface area contributed by atoms with Crippen molar-refractivity contribution in [2.75, 3.05) is 153 Å². The van der Waals surface area contributed by atoms with Crippen LogP contribution < -0.4 is 78.6 Å². The van der Waals surface area contributed by atoms with Gasteiger partial charge in [-0.2, -0.15) is 0 Å². The molecule has 700 valence electrons. The standard InChI is InChI=1S/C98H102N16O18S3/c1-61(2)111(72-25-22-66-46-76(96(118)130-82(66)51-72)92-100-79-12-6-9-15-87(79)133-92)57-70-55-108(105-103-70)28-31-121-34-37-124-40-43-127-85-49-69(91(115)99-54-64-18-20-65(21-19-64)95(116)117)50-86(128-44-41-125-38-35-122-32-29-109-56-71(104-106-109)58-112(62(3)4)73-26-23-67-47-77(97(119)131-83(67)52-73)93-101-80-13-7-10-16-88(80)134-93)90(85)129-45-42-126-39-36-123-33-30-110-59-75-60-113(63(5)114(75)107-110)74-27-24-68-48-78(98(120)132-84(68)53-74)94-102-81-14-8-11-17-89(81)135-94/h6-27,46-53,55-56,59,61-63,103-107H,28-45,54,57-58,60H2,1-5H3,(H,99,115)(H,116,117). The van der Waals surface area contributed by atoms with Crippen LogP contribution in [0.15, 0.2) is 245 Å². The maximum Gasteiger partial charge on any atom is 0.346 e. The molecular weight excluding hydrogens is 1790 g/mol. The first kappa shape index (κ1) is 91.9. The molecule has 1 amide bonds. The zero-order valence-corrected chi connectivity index (χ0v) is 77.4. The molecule has 8 aromatic carbocycles. The molecule has 1 unspecified atom stereocenters. The predicted molar refractivity (Wildman–Crippen MR) is 519 cm³/mol. The summed E-state index contributed by atoms with van der Waals surface area (Å²) in [5.74, 6) is -0.919. The van der Waals surface area contributed by atoms with E-state index in [1.54, 1.807) is 24.3 Å². The number of carboxylic acid groups (broad SMARTS) is 1. The first-order valence-corrected chi connectivity index (χ1v) is 47.1. The Labute approximate surface area is 787 Å². The van der Waals surface area contributed by atoms with E-state index in [9.17, 15) is 29.1 Å². The number of carbonyl (C=O) groups excluding carboxylic acids is 1. The Balaban J connectivity index is 0.468. The molecule has 4 aliphatic rings. The average Bonchev–Trinajstić information content (AvgIpc) is 1.63. The molecule has 37 heteroatoms. The third kappa shape index (κ3) is 22.3. The number of aromatic nitrogens is 3. The van der Waals surface area contributed by atoms with Gasteiger partial charge in [0.1, 0.15) is 57.8 Å². The maximum atomic E-state index is 14.2. The summed E-state index contributed by atoms with van der Waals surface area (Å²) in [7, 11) is 0. The van der Waals surface area contributed by atoms with Crippen LogP contribution in [0.1, 0.15) is 60.9 Å². The number of hydrogen-bond donors (Lipinski definition) is 7. The van der Waals surface area contributed by atoms with E-state index in [-0.39, 0.29) is 113 Å². The van der Waals surface area contributed by atoms with Crippen molar-refractivity contribution >= 4 is 127 Å². The van der Waals surface area contributed by atoms with Gasteiger partial charge in [0, 0.05) is 94.2 Å². The Morgan fingerprint density at radius 1 is 0.474 bits per heavy atom. The number of ether oxygens (including phenoxy) is 9. The minimum Gasteiger partial charge on any atom is -0.487 e. The molecule has 1 saturated heterocycles. The summed E-state index contributed by atoms with van der Waals surface area (Å²) in [6.45, 7) is 17.3. The minimum absolute atomic E-state index is 0.0432. The van der Waals surface area contributed by atoms with Gasteiger partial charge in [0.15, 0.2) is 11.5 Å². The number of rotatable bonds is 46. The highest BCUT2D eigenvalue weighted by molar-refractivity contribution is 7.22. The summed E-state index contributed by atoms with van der Waals surface area (Å²) in [6, 6.07) is 56.3. The van der Waals surface area contributed by atoms with Crippen molar-refractivity contribution in [1.82, 2.24) is 67.8 Å². The molecule has 14 aromatic rings. The summed E-state index contributed by atoms with van der Waals surface area (Å²) < 4.78 is 76.3. The van der Waals surface area contributed by atoms with Crippen LogP contribution in [0.2, 0.25) is 0 Å². The number of carbonyl (C=O) groups is 2. The Hall–Kier alpha value is -13.5. The Morgan fingerprint density at radius 2 is 0.889 bits per heavy atom. The topological polar surface area (TPSA) is 362 Å². The van der Waals surface area contributed by atoms with Crippen LogP contribution >= 0.6 is 34.0 Å². The monoisotopic (exact) mass is 1890 g/mol. The zero-order valence-electron chi connectivity index (χ0n) is 74.9. The molecule has 0 bridgehead atoms. The second-order valence-electron chi connectivity index (χ2n) is 32.8. The zero-order chi connectivity index (χ0) is 92.8. The molecule has 135 heavy (non-hydrogen) atoms. The number of para-hydroxylation sites is 3. The van der Waals surface area contributed by atoms with Gasteiger partial charge in [-0.3, -0.25) is 24.8 Å². The lowest BCUT2D eigenvalue weighted by atomic mass is 10.1. The average molecular weight is 1890 g/mol. The van der Waals surface area contributed by atoms with Crippen LogP contribution in [0.5, 0.6) is 17.2 Å². The number of fused-ring (bicyclic) bond motifs is 7. The smallest absolute Gasteiger partial charge is 0.346 e. The third-order valence-corrected chi connectivity index (χ3v) is 26.1. The van der Waals surface area contributed by atoms with Gasteiger partial charge in [-0.05, 0) is 155 Å². The molecule has 0 radical (unpaired) electrons. The number of amides is 1. The number of anilines is 3. The maximum absolute atomic E-state index is 14.2. The number of hydrazine groups is 6. The summed E-state index contributed by atoms with van der Waals surface area (Å²) >= 11 is 4.39. The van der Waals surface area contributed by atoms with Crippen molar-refractivity contribution < 1.29 is 70.6 Å². The first-order valence-electron chi connectivity index (χ1n) is 44.6. The van der Waals surface area contributed by atoms with Crippen molar-refractivity contribution in [3.63, 3.8) is 0 Å². The second-order valence-corrected chi connectivity index (χ2v) is 35.9. The van der Waals surface area contributed by atoms with Gasteiger partial charge in [0.05, 0.1) is 189 Å². The van der Waals surface area contributed by atoms with Crippen molar-refractivity contribution in [1.29, 1.82) is 0 Å². The van der Waals surface area contributed by atoms with Crippen molar-refractivity contribution in [3.8, 4) is 49.0 Å². The number of nitrogens with zero attached hydrogens (tertiary/aromatic N) is 10. The fraction of sp³-hybridized carbons (Fsp3) is 0.306. The van der Waals surface area contributed by atoms with E-state index < -0.39 is 28.8 Å². The van der Waals surface area contributed by atoms with E-state index in [4.69, 9.17) is 70.8 Å². The molecule has 4 aliphatic heterocycles. The molecule has 6 aromatic heterocycles. The third-order valence-electron chi connectivity index (χ3n) is 22.9. The van der Waals surface area contributed by atoms with Gasteiger partial charge >= 0.3 is 22.8 Å². The van der Waals surface area contributed by atoms with Gasteiger partial charge in [-0.1, -0.05) is 48.5 Å². The predicted octanol–water partition coefficient (Wildman–Crippen LogP) is 13.6. The largest absolute Gasteiger partial charge is 0.487 e. The number of nitrogens with one attached hydrogen (secondary N) is 6. The highest BCUT2D eigenvalue weighted by atomic mass is 32.1. The minimum atomic E-state index is -1.06. The van der Waals surface area contributed by atoms with Gasteiger partial charge in [0.25, 0.3) is 5.91 Å². The number of hydrogen-bond acceptors (Lipinski definition) is 35. The fourth-order valence-corrected chi connectivity index (χ4v) is 18.8. The lowest BCUT2D eigenvalue weighted by Gasteiger charge is -2.30. The molecule has 0 saturated carbocycles. The molecule has 10 heterocycles. The van der Waals surface area contributed by atoms with Gasteiger partial charge in [0.2, 0.25) is 5.75 Å². The van der Waals surface area contributed by atoms with Crippen molar-refractivity contribution in [2.45, 2.75) is 59.4 Å². The summed E-state index contributed by atoms with van der Waals surface area (Å²) in [4.78, 5) is 86.7. The SMILES string of the molecule is CC(C)N(CC1=CN(CCOCCOCCOc2cc(C(=O)NCc3ccc(C(=O)O)cc3)cc(OCCOCCOCCN3C=C(CN(c4ccc5cc(-c6nc7ccccc7s6)c(=O)oc5c4)C(C)C)NN3)c2OCCOCCOCCN2C=C3CN(c4ccc5cc(-c6nc7ccccc7s6)c(=O)oc5c4)C(C)N3N2)NN1)c1ccc2cc(-c3nc4ccccc4s3)c(=O)oc2c1. The quantitative estimate of drug-likeness (QED) is 0.0138. The van der Waals surface area contributed by atoms with Crippen LogP contribution in [0, 0.1) is 0 Å². The summed E-state index contributed by atoms with van der Waals surface area (Å²) in [5.41, 5.74) is 27.0. The van der Waals surface area contributed by atoms with E-state index in [2.05, 4.69) is 93.3 Å². The lowest BCUT2D eigenvalue weighted by Crippen LogP contribution is -2.47. The number of benzene rings is 8. The molecule has 34 nitrogen and oxygen atoms in total. The second kappa shape index (κ2) is 42.8. The van der Waals surface area contributed by atoms with Crippen LogP contribution in [-0.4, -0.2) is 209 Å². The Bertz CT molecular complexity index is 6550. The van der Waals surface area contributed by atoms with E-state index in [1.807, 2.05) is 173 Å². The van der Waals surface area contributed by atoms with E-state index in [0.717, 1.165) is 81.0 Å². The van der Waals surface area contributed by atoms with E-state index in [1.165, 1.54) is 46.1 Å². The Kier molecular flexibility index (Phi) is 29.1. The molecular formula is C98H102N16O18S3. The van der Waals surface area contributed by atoms with Crippen LogP contribution in [0.3, 0.4) is 0 Å². The highest BCUT2D eigenvalue weighted by Crippen LogP contribution is 2.41. The molecule has 0 spiro atoms. The van der Waals surface area contributed by atoms with Crippen LogP contribution in [-0.2, 0) is 35.0 Å². The molecule has 1 atom stereocenters. The van der Waals surface area contributed by atoms with Gasteiger partial charge < -0.3 is 91.9 Å². The molecule has 0 aliphatic carbocycles. The number of thiazole rings is 3. The van der Waals surface area contributed by atoms with Crippen molar-refractivity contribution in [3.05, 3.63) is 266 Å². The van der Waals surface area contributed by atoms with Gasteiger partial charge in [-0.15, -0.1) is 50.6 Å². The number of carboxylic acids is 1. The molecule has 18 rings (SSSR count). The Morgan fingerprint density at radius 3 is 1.33 bits per heavy atom. The van der Waals surface area contributed by atoms with Crippen LogP contribution in [0.4, 0.5) is 17.1 Å². The van der Waals surface area contributed by atoms with E-state index >= 15 is 0 Å². The van der Waals surface area contributed by atoms with Crippen LogP contribution in [0.25, 0.3) is 95.3 Å². The highest BCUT2D eigenvalue weighted by Gasteiger charge is 2.37. The number of aromatic carboxylic acids is 1. The fourth-order valence-electron chi connectivity index (χ4n) is 15.9. The van der Waals surface area contributed by atoms with Crippen molar-refractivity contribution in [2.24, 2.45) is 0 Å². The normalized spacial score (nSPS) is 14.3. The molecule has 1 fully saturated rings. The molecule has 7 N–H and O–H groups in total. The lowest BCUT2D eigenvalue weighted by molar-refractivity contribution is 0.0201. The van der Waals surface area contributed by atoms with E-state index in [0.29, 0.717) is 133 Å². The van der Waals surface area contributed by atoms with Gasteiger partial charge in [-0.25, -0.2) is 34.1 Å².